The van der Waals surface area contributed by atoms with E-state index in [-0.39, 0.29) is 28.8 Å². The maximum atomic E-state index is 11.2. The van der Waals surface area contributed by atoms with Crippen LogP contribution >= 0.6 is 0 Å². The van der Waals surface area contributed by atoms with Crippen LogP contribution in [0.5, 0.6) is 23.0 Å². The smallest absolute Gasteiger partial charge is 0.339 e. The molecule has 0 aliphatic heterocycles. The largest absolute Gasteiger partial charge is 0.508 e. The van der Waals surface area contributed by atoms with Gasteiger partial charge in [0.25, 0.3) is 0 Å². The predicted octanol–water partition coefficient (Wildman–Crippen LogP) is 1.74. The molecule has 0 saturated carbocycles. The first kappa shape index (κ1) is 12.8. The van der Waals surface area contributed by atoms with Gasteiger partial charge in [-0.3, -0.25) is 0 Å². The van der Waals surface area contributed by atoms with Crippen molar-refractivity contribution in [1.82, 2.24) is 0 Å². The van der Waals surface area contributed by atoms with E-state index in [0.29, 0.717) is 5.56 Å². The van der Waals surface area contributed by atoms with Crippen LogP contribution in [0, 0.1) is 0 Å². The number of rotatable bonds is 3. The lowest BCUT2D eigenvalue weighted by Gasteiger charge is -2.10. The standard InChI is InChI=1S/C13H12O6/c1-17-10-3-7(4-11(18-2)13(10)16)9-5-8(14)6-12(15)19-9/h3-6,14,16H,1-2H3. The average molecular weight is 264 g/mol. The molecule has 100 valence electrons. The number of methoxy groups -OCH3 is 2. The zero-order chi connectivity index (χ0) is 14.0. The molecule has 0 aliphatic carbocycles. The summed E-state index contributed by atoms with van der Waals surface area (Å²) in [5.41, 5.74) is -0.250. The third-order valence-corrected chi connectivity index (χ3v) is 2.52. The van der Waals surface area contributed by atoms with Crippen LogP contribution in [0.2, 0.25) is 0 Å². The Bertz CT molecular complexity index is 633. The SMILES string of the molecule is COc1cc(-c2cc(O)cc(=O)o2)cc(OC)c1O. The maximum Gasteiger partial charge on any atom is 0.339 e. The topological polar surface area (TPSA) is 89.1 Å². The Morgan fingerprint density at radius 2 is 1.58 bits per heavy atom. The molecule has 0 bridgehead atoms. The van der Waals surface area contributed by atoms with Gasteiger partial charge in [-0.2, -0.15) is 0 Å². The molecule has 2 rings (SSSR count). The first-order chi connectivity index (χ1) is 9.05. The van der Waals surface area contributed by atoms with E-state index in [4.69, 9.17) is 13.9 Å². The van der Waals surface area contributed by atoms with Gasteiger partial charge in [-0.05, 0) is 12.1 Å². The number of phenolic OH excluding ortho intramolecular Hbond substituents is 1. The fraction of sp³-hybridized carbons (Fsp3) is 0.154. The molecule has 6 heteroatoms. The van der Waals surface area contributed by atoms with Crippen molar-refractivity contribution in [2.24, 2.45) is 0 Å². The van der Waals surface area contributed by atoms with Crippen molar-refractivity contribution < 1.29 is 24.1 Å². The summed E-state index contributed by atoms with van der Waals surface area (Å²) in [7, 11) is 2.77. The summed E-state index contributed by atoms with van der Waals surface area (Å²) in [6, 6.07) is 5.18. The second-order valence-corrected chi connectivity index (χ2v) is 3.73. The van der Waals surface area contributed by atoms with Crippen LogP contribution in [0.25, 0.3) is 11.3 Å². The molecular weight excluding hydrogens is 252 g/mol. The van der Waals surface area contributed by atoms with Crippen molar-refractivity contribution >= 4 is 0 Å². The minimum atomic E-state index is -0.680. The highest BCUT2D eigenvalue weighted by molar-refractivity contribution is 5.67. The van der Waals surface area contributed by atoms with E-state index in [1.807, 2.05) is 0 Å². The van der Waals surface area contributed by atoms with E-state index >= 15 is 0 Å². The van der Waals surface area contributed by atoms with Crippen LogP contribution in [0.15, 0.2) is 33.5 Å². The van der Waals surface area contributed by atoms with Crippen LogP contribution in [-0.2, 0) is 0 Å². The van der Waals surface area contributed by atoms with Gasteiger partial charge in [-0.25, -0.2) is 4.79 Å². The first-order valence-corrected chi connectivity index (χ1v) is 5.34. The molecule has 0 atom stereocenters. The lowest BCUT2D eigenvalue weighted by atomic mass is 10.1. The number of phenols is 1. The Morgan fingerprint density at radius 3 is 2.05 bits per heavy atom. The molecule has 0 radical (unpaired) electrons. The van der Waals surface area contributed by atoms with Crippen molar-refractivity contribution in [3.05, 3.63) is 34.7 Å². The fourth-order valence-corrected chi connectivity index (χ4v) is 1.64. The van der Waals surface area contributed by atoms with Crippen molar-refractivity contribution in [2.45, 2.75) is 0 Å². The van der Waals surface area contributed by atoms with Gasteiger partial charge in [-0.1, -0.05) is 0 Å². The Hall–Kier alpha value is -2.63. The molecule has 1 heterocycles. The Morgan fingerprint density at radius 1 is 1.00 bits per heavy atom. The average Bonchev–Trinajstić information content (AvgIpc) is 2.37. The molecule has 2 aromatic rings. The Labute approximate surface area is 108 Å². The van der Waals surface area contributed by atoms with Crippen LogP contribution in [0.1, 0.15) is 0 Å². The Balaban J connectivity index is 2.65. The van der Waals surface area contributed by atoms with Gasteiger partial charge in [0.2, 0.25) is 5.75 Å². The van der Waals surface area contributed by atoms with E-state index in [1.165, 1.54) is 32.4 Å². The molecule has 2 N–H and O–H groups in total. The number of ether oxygens (including phenoxy) is 2. The highest BCUT2D eigenvalue weighted by Gasteiger charge is 2.14. The summed E-state index contributed by atoms with van der Waals surface area (Å²) in [5.74, 6) is 0.107. The third kappa shape index (κ3) is 2.47. The molecule has 19 heavy (non-hydrogen) atoms. The summed E-state index contributed by atoms with van der Waals surface area (Å²) >= 11 is 0. The molecule has 0 spiro atoms. The number of benzene rings is 1. The molecule has 0 aliphatic rings. The van der Waals surface area contributed by atoms with Gasteiger partial charge in [0.1, 0.15) is 11.5 Å². The Kier molecular flexibility index (Phi) is 3.33. The summed E-state index contributed by atoms with van der Waals surface area (Å²) in [5, 5.41) is 19.2. The predicted molar refractivity (Wildman–Crippen MR) is 66.8 cm³/mol. The molecular formula is C13H12O6. The van der Waals surface area contributed by atoms with Gasteiger partial charge in [0, 0.05) is 11.6 Å². The fourth-order valence-electron chi connectivity index (χ4n) is 1.64. The summed E-state index contributed by atoms with van der Waals surface area (Å²) in [4.78, 5) is 11.2. The van der Waals surface area contributed by atoms with Crippen LogP contribution in [0.3, 0.4) is 0 Å². The molecule has 6 nitrogen and oxygen atoms in total. The second kappa shape index (κ2) is 4.93. The maximum absolute atomic E-state index is 11.2. The van der Waals surface area contributed by atoms with Crippen LogP contribution < -0.4 is 15.1 Å². The van der Waals surface area contributed by atoms with Gasteiger partial charge in [0.05, 0.1) is 20.3 Å². The van der Waals surface area contributed by atoms with Crippen LogP contribution in [0.4, 0.5) is 0 Å². The zero-order valence-corrected chi connectivity index (χ0v) is 10.3. The normalized spacial score (nSPS) is 10.2. The van der Waals surface area contributed by atoms with Crippen molar-refractivity contribution in [3.63, 3.8) is 0 Å². The minimum absolute atomic E-state index is 0.140. The summed E-state index contributed by atoms with van der Waals surface area (Å²) in [6.45, 7) is 0. The number of aromatic hydroxyl groups is 2. The zero-order valence-electron chi connectivity index (χ0n) is 10.3. The van der Waals surface area contributed by atoms with E-state index in [9.17, 15) is 15.0 Å². The molecule has 0 amide bonds. The van der Waals surface area contributed by atoms with Crippen molar-refractivity contribution in [2.75, 3.05) is 14.2 Å². The highest BCUT2D eigenvalue weighted by Crippen LogP contribution is 2.40. The second-order valence-electron chi connectivity index (χ2n) is 3.73. The van der Waals surface area contributed by atoms with Crippen molar-refractivity contribution in [3.8, 4) is 34.3 Å². The van der Waals surface area contributed by atoms with E-state index in [0.717, 1.165) is 6.07 Å². The lowest BCUT2D eigenvalue weighted by molar-refractivity contribution is 0.340. The molecule has 0 unspecified atom stereocenters. The van der Waals surface area contributed by atoms with Crippen LogP contribution in [-0.4, -0.2) is 24.4 Å². The van der Waals surface area contributed by atoms with Crippen molar-refractivity contribution in [1.29, 1.82) is 0 Å². The summed E-state index contributed by atoms with van der Waals surface area (Å²) < 4.78 is 15.0. The third-order valence-electron chi connectivity index (χ3n) is 2.52. The van der Waals surface area contributed by atoms with E-state index in [1.54, 1.807) is 0 Å². The lowest BCUT2D eigenvalue weighted by Crippen LogP contribution is -1.97. The molecule has 1 aromatic heterocycles. The van der Waals surface area contributed by atoms with Gasteiger partial charge >= 0.3 is 5.63 Å². The number of hydrogen-bond donors (Lipinski definition) is 2. The highest BCUT2D eigenvalue weighted by atomic mass is 16.5. The molecule has 0 fully saturated rings. The van der Waals surface area contributed by atoms with Gasteiger partial charge in [-0.15, -0.1) is 0 Å². The summed E-state index contributed by atoms with van der Waals surface area (Å²) in [6.07, 6.45) is 0. The van der Waals surface area contributed by atoms with E-state index < -0.39 is 5.63 Å². The van der Waals surface area contributed by atoms with Gasteiger partial charge in [0.15, 0.2) is 11.5 Å². The van der Waals surface area contributed by atoms with Gasteiger partial charge < -0.3 is 24.1 Å². The quantitative estimate of drug-likeness (QED) is 0.877. The monoisotopic (exact) mass is 264 g/mol. The molecule has 1 aromatic carbocycles. The minimum Gasteiger partial charge on any atom is -0.508 e. The molecule has 0 saturated heterocycles. The first-order valence-electron chi connectivity index (χ1n) is 5.34. The van der Waals surface area contributed by atoms with E-state index in [2.05, 4.69) is 0 Å². The number of hydrogen-bond acceptors (Lipinski definition) is 6.